The second-order valence-corrected chi connectivity index (χ2v) is 17.7. The van der Waals surface area contributed by atoms with Crippen LogP contribution in [0.5, 0.6) is 5.75 Å². The summed E-state index contributed by atoms with van der Waals surface area (Å²) in [5.74, 6) is -3.09. The summed E-state index contributed by atoms with van der Waals surface area (Å²) in [6, 6.07) is 10.5. The van der Waals surface area contributed by atoms with Gasteiger partial charge in [-0.25, -0.2) is 13.8 Å². The molecule has 2 aliphatic carbocycles. The van der Waals surface area contributed by atoms with Gasteiger partial charge < -0.3 is 30.2 Å². The number of nitrogens with zero attached hydrogens (tertiary/aromatic N) is 6. The first-order chi connectivity index (χ1) is 28.3. The van der Waals surface area contributed by atoms with Crippen molar-refractivity contribution in [3.8, 4) is 5.75 Å². The van der Waals surface area contributed by atoms with Crippen LogP contribution >= 0.6 is 11.6 Å². The topological polar surface area (TPSA) is 160 Å². The first kappa shape index (κ1) is 37.7. The van der Waals surface area contributed by atoms with E-state index >= 15 is 8.78 Å². The van der Waals surface area contributed by atoms with Crippen molar-refractivity contribution in [2.45, 2.75) is 75.8 Å². The minimum Gasteiger partial charge on any atom is -0.480 e. The summed E-state index contributed by atoms with van der Waals surface area (Å²) in [5, 5.41) is 19.2. The molecule has 4 atom stereocenters. The number of aryl methyl sites for hydroxylation is 2. The number of imide groups is 1. The van der Waals surface area contributed by atoms with Crippen LogP contribution in [0.15, 0.2) is 47.4 Å². The number of para-hydroxylation sites is 1. The van der Waals surface area contributed by atoms with Gasteiger partial charge in [0.2, 0.25) is 23.5 Å². The van der Waals surface area contributed by atoms with E-state index in [1.54, 1.807) is 31.4 Å². The predicted molar refractivity (Wildman–Crippen MR) is 221 cm³/mol. The predicted octanol–water partition coefficient (Wildman–Crippen LogP) is 6.46. The number of alkyl halides is 2. The van der Waals surface area contributed by atoms with E-state index in [1.807, 2.05) is 23.9 Å². The number of aromatic nitrogens is 5. The van der Waals surface area contributed by atoms with Crippen molar-refractivity contribution in [1.82, 2.24) is 29.6 Å². The molecule has 3 aromatic heterocycles. The molecule has 2 aromatic carbocycles. The molecule has 59 heavy (non-hydrogen) atoms. The minimum atomic E-state index is -3.13. The Morgan fingerprint density at radius 2 is 1.85 bits per heavy atom. The number of halogens is 3. The van der Waals surface area contributed by atoms with Gasteiger partial charge in [0.05, 0.1) is 46.3 Å². The Balaban J connectivity index is 0.831. The summed E-state index contributed by atoms with van der Waals surface area (Å²) >= 11 is 6.64. The molecule has 17 heteroatoms. The molecule has 4 fully saturated rings. The highest BCUT2D eigenvalue weighted by Gasteiger charge is 2.51. The second kappa shape index (κ2) is 13.8. The number of hydrogen-bond acceptors (Lipinski definition) is 11. The fourth-order valence-electron chi connectivity index (χ4n) is 9.99. The van der Waals surface area contributed by atoms with E-state index in [2.05, 4.69) is 44.1 Å². The third-order valence-corrected chi connectivity index (χ3v) is 13.4. The number of anilines is 5. The highest BCUT2D eigenvalue weighted by molar-refractivity contribution is 6.33. The lowest BCUT2D eigenvalue weighted by atomic mass is 9.64. The van der Waals surface area contributed by atoms with E-state index in [1.165, 1.54) is 4.57 Å². The Kier molecular flexibility index (Phi) is 8.82. The number of ether oxygens (including phenoxy) is 1. The Morgan fingerprint density at radius 3 is 2.61 bits per heavy atom. The SMILES string of the molecule is C[C@@H]1CC2(CC[C@H]1Nc1cccc3c(C4CCC(=O)NC4=O)nn(C)c13)CN(c1ncc(Cl)c(Nc3ccc4c(c3)c3c(c(=O)n4C)OCC(F)(F)C(C4CC4)N3)n1)C2. The lowest BCUT2D eigenvalue weighted by Crippen LogP contribution is -2.60. The Labute approximate surface area is 343 Å². The molecular weight excluding hydrogens is 782 g/mol. The second-order valence-electron chi connectivity index (χ2n) is 17.3. The van der Waals surface area contributed by atoms with Crippen molar-refractivity contribution in [3.63, 3.8) is 0 Å². The average molecular weight is 827 g/mol. The molecule has 6 heterocycles. The zero-order valence-corrected chi connectivity index (χ0v) is 33.7. The number of pyridine rings is 1. The van der Waals surface area contributed by atoms with Gasteiger partial charge in [0.1, 0.15) is 5.02 Å². The smallest absolute Gasteiger partial charge is 0.301 e. The van der Waals surface area contributed by atoms with Gasteiger partial charge in [0, 0.05) is 61.5 Å². The fourth-order valence-corrected chi connectivity index (χ4v) is 10.1. The molecule has 4 N–H and O–H groups in total. The number of piperidine rings is 1. The van der Waals surface area contributed by atoms with E-state index in [9.17, 15) is 14.4 Å². The Morgan fingerprint density at radius 1 is 1.03 bits per heavy atom. The van der Waals surface area contributed by atoms with Gasteiger partial charge in [-0.2, -0.15) is 10.1 Å². The maximum absolute atomic E-state index is 15.2. The molecule has 308 valence electrons. The summed E-state index contributed by atoms with van der Waals surface area (Å²) < 4.78 is 39.1. The van der Waals surface area contributed by atoms with Crippen LogP contribution in [0.4, 0.5) is 37.6 Å². The summed E-state index contributed by atoms with van der Waals surface area (Å²) in [6.07, 6.45) is 6.76. The van der Waals surface area contributed by atoms with Gasteiger partial charge in [-0.3, -0.25) is 24.4 Å². The molecule has 0 bridgehead atoms. The summed E-state index contributed by atoms with van der Waals surface area (Å²) in [4.78, 5) is 49.3. The van der Waals surface area contributed by atoms with Gasteiger partial charge >= 0.3 is 5.92 Å². The van der Waals surface area contributed by atoms with Crippen molar-refractivity contribution in [1.29, 1.82) is 0 Å². The van der Waals surface area contributed by atoms with Crippen LogP contribution in [0, 0.1) is 17.3 Å². The number of carbonyl (C=O) groups excluding carboxylic acids is 2. The number of nitrogens with one attached hydrogen (secondary N) is 4. The highest BCUT2D eigenvalue weighted by Crippen LogP contribution is 2.49. The molecule has 3 aliphatic heterocycles. The van der Waals surface area contributed by atoms with Gasteiger partial charge in [0.25, 0.3) is 5.56 Å². The molecule has 1 spiro atoms. The van der Waals surface area contributed by atoms with Crippen LogP contribution < -0.4 is 36.5 Å². The van der Waals surface area contributed by atoms with Crippen molar-refractivity contribution in [2.24, 2.45) is 31.3 Å². The van der Waals surface area contributed by atoms with Crippen LogP contribution in [-0.2, 0) is 23.7 Å². The van der Waals surface area contributed by atoms with Crippen LogP contribution in [-0.4, -0.2) is 73.8 Å². The third-order valence-electron chi connectivity index (χ3n) is 13.2. The monoisotopic (exact) mass is 826 g/mol. The van der Waals surface area contributed by atoms with E-state index in [-0.39, 0.29) is 40.6 Å². The van der Waals surface area contributed by atoms with Crippen LogP contribution in [0.1, 0.15) is 63.5 Å². The van der Waals surface area contributed by atoms with E-state index in [0.717, 1.165) is 48.9 Å². The first-order valence-electron chi connectivity index (χ1n) is 20.3. The summed E-state index contributed by atoms with van der Waals surface area (Å²) in [7, 11) is 3.50. The number of amides is 2. The standard InChI is InChI=1S/C42H45ClF2N10O4/c1-21-16-41(14-13-28(21)48-29-6-4-5-24-32(52-54(3)34(24)29)25-10-12-31(56)49-38(25)57)18-55(19-41)40-46-17-27(43)37(51-40)47-23-9-11-30-26(15-23)33-35(39(58)53(30)2)59-20-42(44,45)36(50-33)22-7-8-22/h4-6,9,11,15,17,21-22,25,28,36,48,50H,7-8,10,12-14,16,18-20H2,1-3H3,(H,46,47,51)(H,49,56,57)/t21-,25?,28-,36?/m1/s1. The number of carbonyl (C=O) groups is 2. The zero-order chi connectivity index (χ0) is 41.0. The molecule has 5 aliphatic rings. The van der Waals surface area contributed by atoms with E-state index in [0.29, 0.717) is 70.7 Å². The third kappa shape index (κ3) is 6.50. The molecular formula is C42H45ClF2N10O4. The van der Waals surface area contributed by atoms with E-state index in [4.69, 9.17) is 26.4 Å². The van der Waals surface area contributed by atoms with Crippen molar-refractivity contribution in [3.05, 3.63) is 63.7 Å². The largest absolute Gasteiger partial charge is 0.480 e. The van der Waals surface area contributed by atoms with Gasteiger partial charge in [-0.05, 0) is 74.6 Å². The number of rotatable bonds is 7. The molecule has 10 rings (SSSR count). The van der Waals surface area contributed by atoms with Crippen LogP contribution in [0.3, 0.4) is 0 Å². The highest BCUT2D eigenvalue weighted by atomic mass is 35.5. The van der Waals surface area contributed by atoms with Crippen LogP contribution in [0.2, 0.25) is 5.02 Å². The molecule has 5 aromatic rings. The number of fused-ring (bicyclic) bond motifs is 4. The number of hydrogen-bond donors (Lipinski definition) is 4. The molecule has 0 radical (unpaired) electrons. The number of benzene rings is 2. The maximum Gasteiger partial charge on any atom is 0.301 e. The van der Waals surface area contributed by atoms with Crippen molar-refractivity contribution in [2.75, 3.05) is 40.5 Å². The molecule has 2 unspecified atom stereocenters. The molecule has 2 saturated carbocycles. The lowest BCUT2D eigenvalue weighted by Gasteiger charge is -2.55. The van der Waals surface area contributed by atoms with Gasteiger partial charge in [0.15, 0.2) is 12.4 Å². The minimum absolute atomic E-state index is 0.112. The maximum atomic E-state index is 15.2. The fraction of sp³-hybridized carbons (Fsp3) is 0.476. The van der Waals surface area contributed by atoms with Crippen molar-refractivity contribution < 1.29 is 23.1 Å². The summed E-state index contributed by atoms with van der Waals surface area (Å²) in [6.45, 7) is 3.05. The van der Waals surface area contributed by atoms with Crippen LogP contribution in [0.25, 0.3) is 21.8 Å². The van der Waals surface area contributed by atoms with E-state index < -0.39 is 30.0 Å². The molecule has 2 saturated heterocycles. The zero-order valence-electron chi connectivity index (χ0n) is 32.9. The normalized spacial score (nSPS) is 24.8. The molecule has 2 amide bonds. The Bertz CT molecular complexity index is 2620. The van der Waals surface area contributed by atoms with Crippen molar-refractivity contribution >= 4 is 74.0 Å². The summed E-state index contributed by atoms with van der Waals surface area (Å²) in [5.41, 5.74) is 3.73. The quantitative estimate of drug-likeness (QED) is 0.134. The van der Waals surface area contributed by atoms with Gasteiger partial charge in [-0.1, -0.05) is 30.7 Å². The average Bonchev–Trinajstić information content (AvgIpc) is 3.99. The van der Waals surface area contributed by atoms with Gasteiger partial charge in [-0.15, -0.1) is 0 Å². The lowest BCUT2D eigenvalue weighted by molar-refractivity contribution is -0.134. The first-order valence-corrected chi connectivity index (χ1v) is 20.7. The Hall–Kier alpha value is -5.51. The molecule has 14 nitrogen and oxygen atoms in total.